The van der Waals surface area contributed by atoms with Crippen LogP contribution in [0.2, 0.25) is 0 Å². The average Bonchev–Trinajstić information content (AvgIpc) is 2.73. The van der Waals surface area contributed by atoms with Gasteiger partial charge in [-0.2, -0.15) is 11.8 Å². The van der Waals surface area contributed by atoms with Crippen molar-refractivity contribution in [2.45, 2.75) is 30.9 Å². The molecule has 1 aliphatic heterocycles. The van der Waals surface area contributed by atoms with Crippen LogP contribution in [0.15, 0.2) is 24.5 Å². The Hall–Kier alpha value is -1.16. The van der Waals surface area contributed by atoms with Crippen molar-refractivity contribution in [1.29, 1.82) is 0 Å². The second-order valence-electron chi connectivity index (χ2n) is 4.62. The van der Waals surface area contributed by atoms with Crippen LogP contribution in [0.4, 0.5) is 5.69 Å². The van der Waals surface area contributed by atoms with E-state index in [1.165, 1.54) is 30.8 Å². The molecule has 1 atom stereocenters. The van der Waals surface area contributed by atoms with Gasteiger partial charge in [0.1, 0.15) is 5.82 Å². The molecule has 0 saturated carbocycles. The van der Waals surface area contributed by atoms with Crippen LogP contribution in [0.3, 0.4) is 0 Å². The fraction of sp³-hybridized carbons (Fsp3) is 0.462. The Labute approximate surface area is 105 Å². The van der Waals surface area contributed by atoms with Crippen LogP contribution in [-0.4, -0.2) is 20.4 Å². The molecule has 0 aliphatic carbocycles. The summed E-state index contributed by atoms with van der Waals surface area (Å²) < 4.78 is 2.16. The maximum absolute atomic E-state index is 5.77. The zero-order valence-electron chi connectivity index (χ0n) is 9.80. The number of imidazole rings is 1. The van der Waals surface area contributed by atoms with E-state index in [2.05, 4.69) is 21.1 Å². The normalized spacial score (nSPS) is 20.8. The van der Waals surface area contributed by atoms with Crippen molar-refractivity contribution in [2.75, 3.05) is 11.5 Å². The number of hydrogen-bond acceptors (Lipinski definition) is 3. The van der Waals surface area contributed by atoms with E-state index in [-0.39, 0.29) is 0 Å². The smallest absolute Gasteiger partial charge is 0.114 e. The van der Waals surface area contributed by atoms with Crippen molar-refractivity contribution >= 4 is 23.0 Å². The molecular weight excluding hydrogens is 230 g/mol. The van der Waals surface area contributed by atoms with Crippen LogP contribution in [0, 0.1) is 0 Å². The lowest BCUT2D eigenvalue weighted by Gasteiger charge is -2.20. The first-order valence-electron chi connectivity index (χ1n) is 6.16. The topological polar surface area (TPSA) is 43.3 Å². The largest absolute Gasteiger partial charge is 0.399 e. The summed E-state index contributed by atoms with van der Waals surface area (Å²) in [5, 5.41) is 0.743. The zero-order valence-corrected chi connectivity index (χ0v) is 10.6. The molecule has 17 heavy (non-hydrogen) atoms. The van der Waals surface area contributed by atoms with Crippen LogP contribution in [0.5, 0.6) is 0 Å². The number of rotatable bonds is 2. The SMILES string of the molecule is Nc1ccn2c(CC3CCCCS3)ncc2c1. The van der Waals surface area contributed by atoms with Gasteiger partial charge in [0.05, 0.1) is 11.7 Å². The quantitative estimate of drug-likeness (QED) is 0.887. The molecule has 0 amide bonds. The van der Waals surface area contributed by atoms with Gasteiger partial charge in [0, 0.05) is 23.6 Å². The number of pyridine rings is 1. The molecule has 3 nitrogen and oxygen atoms in total. The van der Waals surface area contributed by atoms with Crippen LogP contribution in [-0.2, 0) is 6.42 Å². The highest BCUT2D eigenvalue weighted by molar-refractivity contribution is 7.99. The summed E-state index contributed by atoms with van der Waals surface area (Å²) in [5.41, 5.74) is 7.67. The highest BCUT2D eigenvalue weighted by Gasteiger charge is 2.16. The molecule has 3 heterocycles. The number of fused-ring (bicyclic) bond motifs is 1. The first-order chi connectivity index (χ1) is 8.33. The second-order valence-corrected chi connectivity index (χ2v) is 6.03. The third-order valence-electron chi connectivity index (χ3n) is 3.32. The molecule has 1 unspecified atom stereocenters. The Kier molecular flexibility index (Phi) is 2.97. The molecule has 2 aromatic rings. The summed E-state index contributed by atoms with van der Waals surface area (Å²) in [6, 6.07) is 3.91. The van der Waals surface area contributed by atoms with Crippen molar-refractivity contribution in [1.82, 2.24) is 9.38 Å². The summed E-state index contributed by atoms with van der Waals surface area (Å²) in [4.78, 5) is 4.52. The van der Waals surface area contributed by atoms with Crippen molar-refractivity contribution in [3.8, 4) is 0 Å². The Morgan fingerprint density at radius 2 is 2.41 bits per heavy atom. The van der Waals surface area contributed by atoms with Crippen molar-refractivity contribution in [3.05, 3.63) is 30.4 Å². The molecular formula is C13H17N3S. The van der Waals surface area contributed by atoms with E-state index in [1.807, 2.05) is 24.5 Å². The van der Waals surface area contributed by atoms with Gasteiger partial charge >= 0.3 is 0 Å². The first-order valence-corrected chi connectivity index (χ1v) is 7.21. The third-order valence-corrected chi connectivity index (χ3v) is 4.72. The average molecular weight is 247 g/mol. The van der Waals surface area contributed by atoms with Gasteiger partial charge in [-0.05, 0) is 30.7 Å². The van der Waals surface area contributed by atoms with Gasteiger partial charge in [-0.15, -0.1) is 0 Å². The highest BCUT2D eigenvalue weighted by Crippen LogP contribution is 2.27. The fourth-order valence-electron chi connectivity index (χ4n) is 2.40. The summed E-state index contributed by atoms with van der Waals surface area (Å²) in [7, 11) is 0. The minimum atomic E-state index is 0.743. The molecule has 90 valence electrons. The molecule has 1 saturated heterocycles. The van der Waals surface area contributed by atoms with E-state index >= 15 is 0 Å². The van der Waals surface area contributed by atoms with Gasteiger partial charge in [0.25, 0.3) is 0 Å². The standard InChI is InChI=1S/C13H17N3S/c14-10-4-5-16-11(7-10)9-15-13(16)8-12-3-1-2-6-17-12/h4-5,7,9,12H,1-3,6,8,14H2. The summed E-state index contributed by atoms with van der Waals surface area (Å²) >= 11 is 2.10. The number of nitrogens with zero attached hydrogens (tertiary/aromatic N) is 2. The summed E-state index contributed by atoms with van der Waals surface area (Å²) in [6.45, 7) is 0. The minimum absolute atomic E-state index is 0.743. The number of nitrogen functional groups attached to an aromatic ring is 1. The summed E-state index contributed by atoms with van der Waals surface area (Å²) in [5.74, 6) is 2.47. The Morgan fingerprint density at radius 1 is 1.47 bits per heavy atom. The lowest BCUT2D eigenvalue weighted by Crippen LogP contribution is -2.14. The van der Waals surface area contributed by atoms with Gasteiger partial charge in [-0.3, -0.25) is 0 Å². The number of nitrogens with two attached hydrogens (primary N) is 1. The van der Waals surface area contributed by atoms with E-state index < -0.39 is 0 Å². The molecule has 4 heteroatoms. The molecule has 2 aromatic heterocycles. The lowest BCUT2D eigenvalue weighted by molar-refractivity contribution is 0.646. The van der Waals surface area contributed by atoms with Crippen LogP contribution in [0.25, 0.3) is 5.52 Å². The number of aromatic nitrogens is 2. The predicted octanol–water partition coefficient (Wildman–Crippen LogP) is 2.74. The second kappa shape index (κ2) is 4.61. The third kappa shape index (κ3) is 2.27. The van der Waals surface area contributed by atoms with Crippen LogP contribution in [0.1, 0.15) is 25.1 Å². The van der Waals surface area contributed by atoms with Crippen molar-refractivity contribution in [2.24, 2.45) is 0 Å². The van der Waals surface area contributed by atoms with Gasteiger partial charge in [0.2, 0.25) is 0 Å². The molecule has 0 bridgehead atoms. The summed E-state index contributed by atoms with van der Waals surface area (Å²) in [6.07, 6.45) is 9.09. The Morgan fingerprint density at radius 3 is 3.24 bits per heavy atom. The van der Waals surface area contributed by atoms with Gasteiger partial charge in [-0.25, -0.2) is 4.98 Å². The van der Waals surface area contributed by atoms with E-state index in [4.69, 9.17) is 5.73 Å². The predicted molar refractivity (Wildman–Crippen MR) is 73.4 cm³/mol. The molecule has 0 radical (unpaired) electrons. The van der Waals surface area contributed by atoms with Gasteiger partial charge in [0.15, 0.2) is 0 Å². The molecule has 3 rings (SSSR count). The maximum Gasteiger partial charge on any atom is 0.114 e. The molecule has 2 N–H and O–H groups in total. The van der Waals surface area contributed by atoms with Crippen molar-refractivity contribution in [3.63, 3.8) is 0 Å². The Balaban J connectivity index is 1.84. The molecule has 0 aromatic carbocycles. The number of thioether (sulfide) groups is 1. The van der Waals surface area contributed by atoms with Gasteiger partial charge in [-0.1, -0.05) is 6.42 Å². The monoisotopic (exact) mass is 247 g/mol. The number of anilines is 1. The Bertz CT molecular complexity index is 514. The van der Waals surface area contributed by atoms with E-state index in [9.17, 15) is 0 Å². The fourth-order valence-corrected chi connectivity index (χ4v) is 3.70. The van der Waals surface area contributed by atoms with Crippen molar-refractivity contribution < 1.29 is 0 Å². The van der Waals surface area contributed by atoms with Gasteiger partial charge < -0.3 is 10.1 Å². The lowest BCUT2D eigenvalue weighted by atomic mass is 10.1. The number of hydrogen-bond donors (Lipinski definition) is 1. The van der Waals surface area contributed by atoms with E-state index in [1.54, 1.807) is 0 Å². The van der Waals surface area contributed by atoms with E-state index in [0.717, 1.165) is 22.9 Å². The molecule has 1 fully saturated rings. The highest BCUT2D eigenvalue weighted by atomic mass is 32.2. The van der Waals surface area contributed by atoms with Crippen LogP contribution >= 0.6 is 11.8 Å². The maximum atomic E-state index is 5.77. The zero-order chi connectivity index (χ0) is 11.7. The van der Waals surface area contributed by atoms with E-state index in [0.29, 0.717) is 0 Å². The first kappa shape index (κ1) is 11.0. The van der Waals surface area contributed by atoms with Crippen LogP contribution < -0.4 is 5.73 Å². The molecule has 0 spiro atoms. The minimum Gasteiger partial charge on any atom is -0.399 e. The molecule has 1 aliphatic rings.